The molecular weight excluding hydrogens is 588 g/mol. The molecule has 3 aromatic rings. The number of halogens is 1. The lowest BCUT2D eigenvalue weighted by Gasteiger charge is -2.39. The first-order valence-electron chi connectivity index (χ1n) is 18.0. The third-order valence-corrected chi connectivity index (χ3v) is 9.65. The summed E-state index contributed by atoms with van der Waals surface area (Å²) < 4.78 is 12.5. The van der Waals surface area contributed by atoms with E-state index in [2.05, 4.69) is 83.1 Å². The summed E-state index contributed by atoms with van der Waals surface area (Å²) in [6, 6.07) is 23.8. The summed E-state index contributed by atoms with van der Waals surface area (Å²) in [4.78, 5) is 2.42. The molecule has 1 heterocycles. The lowest BCUT2D eigenvalue weighted by atomic mass is 9.65. The van der Waals surface area contributed by atoms with Crippen molar-refractivity contribution in [1.82, 2.24) is 4.90 Å². The zero-order valence-corrected chi connectivity index (χ0v) is 31.8. The maximum atomic E-state index is 12.5. The van der Waals surface area contributed by atoms with Crippen LogP contribution in [-0.2, 0) is 5.41 Å². The summed E-state index contributed by atoms with van der Waals surface area (Å²) in [5.41, 5.74) is 8.01. The molecule has 2 nitrogen and oxygen atoms in total. The van der Waals surface area contributed by atoms with E-state index in [0.717, 1.165) is 28.5 Å². The van der Waals surface area contributed by atoms with Gasteiger partial charge in [-0.1, -0.05) is 99.5 Å². The summed E-state index contributed by atoms with van der Waals surface area (Å²) in [6.45, 7) is 26.6. The highest BCUT2D eigenvalue weighted by atomic mass is 19.1. The van der Waals surface area contributed by atoms with E-state index in [4.69, 9.17) is 5.26 Å². The molecular formula is C45H65FN2. The van der Waals surface area contributed by atoms with Crippen LogP contribution in [-0.4, -0.2) is 25.0 Å². The first-order chi connectivity index (χ1) is 22.8. The van der Waals surface area contributed by atoms with Gasteiger partial charge in [0.15, 0.2) is 0 Å². The summed E-state index contributed by atoms with van der Waals surface area (Å²) in [5, 5.41) is 9.01. The minimum atomic E-state index is -0.124. The highest BCUT2D eigenvalue weighted by Crippen LogP contribution is 2.44. The molecule has 3 aromatic carbocycles. The van der Waals surface area contributed by atoms with Crippen molar-refractivity contribution < 1.29 is 4.39 Å². The first kappa shape index (κ1) is 42.5. The molecule has 0 N–H and O–H groups in total. The van der Waals surface area contributed by atoms with Crippen LogP contribution in [0.1, 0.15) is 119 Å². The lowest BCUT2D eigenvalue weighted by molar-refractivity contribution is 0.216. The topological polar surface area (TPSA) is 27.0 Å². The Balaban J connectivity index is 0.000000322. The molecule has 2 fully saturated rings. The number of piperidine rings is 1. The molecule has 0 aromatic heterocycles. The molecule has 0 atom stereocenters. The number of benzene rings is 3. The number of nitrogens with zero attached hydrogens (tertiary/aromatic N) is 2. The number of rotatable bonds is 4. The van der Waals surface area contributed by atoms with Crippen LogP contribution >= 0.6 is 0 Å². The van der Waals surface area contributed by atoms with Gasteiger partial charge >= 0.3 is 0 Å². The third kappa shape index (κ3) is 16.1. The Morgan fingerprint density at radius 1 is 0.917 bits per heavy atom. The number of nitriles is 1. The average Bonchev–Trinajstić information content (AvgIpc) is 3.08. The lowest BCUT2D eigenvalue weighted by Crippen LogP contribution is -2.30. The number of hydrogen-bond donors (Lipinski definition) is 0. The number of allylic oxidation sites excluding steroid dienone is 1. The monoisotopic (exact) mass is 653 g/mol. The van der Waals surface area contributed by atoms with Gasteiger partial charge in [-0.25, -0.2) is 4.39 Å². The van der Waals surface area contributed by atoms with Gasteiger partial charge in [0, 0.05) is 0 Å². The summed E-state index contributed by atoms with van der Waals surface area (Å²) in [7, 11) is 2.21. The predicted octanol–water partition coefficient (Wildman–Crippen LogP) is 12.8. The molecule has 48 heavy (non-hydrogen) atoms. The second kappa shape index (κ2) is 23.0. The van der Waals surface area contributed by atoms with Gasteiger partial charge in [-0.15, -0.1) is 6.58 Å². The molecule has 0 spiro atoms. The molecule has 2 aliphatic rings. The number of aryl methyl sites for hydroxylation is 3. The third-order valence-electron chi connectivity index (χ3n) is 9.65. The van der Waals surface area contributed by atoms with E-state index < -0.39 is 0 Å². The number of likely N-dealkylation sites (tertiary alicyclic amines) is 1. The van der Waals surface area contributed by atoms with Crippen LogP contribution in [0.2, 0.25) is 0 Å². The van der Waals surface area contributed by atoms with Crippen molar-refractivity contribution in [1.29, 1.82) is 5.26 Å². The average molecular weight is 653 g/mol. The highest BCUT2D eigenvalue weighted by Gasteiger charge is 2.34. The Kier molecular flexibility index (Phi) is 20.4. The van der Waals surface area contributed by atoms with Crippen LogP contribution in [0.4, 0.5) is 4.39 Å². The van der Waals surface area contributed by atoms with Crippen LogP contribution < -0.4 is 0 Å². The second-order valence-corrected chi connectivity index (χ2v) is 14.2. The van der Waals surface area contributed by atoms with Gasteiger partial charge in [0.1, 0.15) is 5.82 Å². The van der Waals surface area contributed by atoms with E-state index in [-0.39, 0.29) is 5.82 Å². The Morgan fingerprint density at radius 2 is 1.52 bits per heavy atom. The van der Waals surface area contributed by atoms with E-state index in [1.807, 2.05) is 57.2 Å². The van der Waals surface area contributed by atoms with Gasteiger partial charge in [0.2, 0.25) is 0 Å². The molecule has 0 radical (unpaired) electrons. The van der Waals surface area contributed by atoms with Crippen LogP contribution in [0.5, 0.6) is 0 Å². The Bertz CT molecular complexity index is 1390. The minimum Gasteiger partial charge on any atom is -0.306 e. The van der Waals surface area contributed by atoms with Crippen LogP contribution in [0.15, 0.2) is 85.5 Å². The molecule has 1 aliphatic carbocycles. The van der Waals surface area contributed by atoms with Crippen molar-refractivity contribution in [3.05, 3.63) is 125 Å². The largest absolute Gasteiger partial charge is 0.306 e. The molecule has 3 heteroatoms. The fourth-order valence-electron chi connectivity index (χ4n) is 6.16. The second-order valence-electron chi connectivity index (χ2n) is 14.2. The zero-order valence-electron chi connectivity index (χ0n) is 31.8. The molecule has 1 saturated heterocycles. The summed E-state index contributed by atoms with van der Waals surface area (Å²) in [5.74, 6) is 1.77. The Labute approximate surface area is 294 Å². The van der Waals surface area contributed by atoms with Gasteiger partial charge < -0.3 is 4.90 Å². The summed E-state index contributed by atoms with van der Waals surface area (Å²) >= 11 is 0. The molecule has 1 aliphatic heterocycles. The van der Waals surface area contributed by atoms with Crippen LogP contribution in [0.25, 0.3) is 6.08 Å². The van der Waals surface area contributed by atoms with Gasteiger partial charge in [-0.05, 0) is 157 Å². The van der Waals surface area contributed by atoms with Gasteiger partial charge in [-0.3, -0.25) is 0 Å². The quantitative estimate of drug-likeness (QED) is 0.262. The highest BCUT2D eigenvalue weighted by molar-refractivity contribution is 5.50. The standard InChI is InChI=1S/C16H21N.C9H10.C8H9F.C8H17N.C4H8/c1-3-16(9-7-13(2)8-10-16)15-6-4-5-14(11-15)12-17;1-3-9-7-5-4-6-8(9)2;1-6-3-4-8(9)7(2)5-6;1-3-8-4-6-9(2)7-5-8;1-4(2)3/h4-6,11,13H,3,7-10H2,1-2H3;3-7H,1H2,2H3;3-5H,1-2H3;8H,3-7H2,1-2H3;1H2,2-3H3. The van der Waals surface area contributed by atoms with E-state index in [1.54, 1.807) is 13.0 Å². The normalized spacial score (nSPS) is 18.8. The minimum absolute atomic E-state index is 0.124. The van der Waals surface area contributed by atoms with Gasteiger partial charge in [0.25, 0.3) is 0 Å². The maximum Gasteiger partial charge on any atom is 0.126 e. The van der Waals surface area contributed by atoms with Crippen molar-refractivity contribution in [2.24, 2.45) is 11.8 Å². The first-order valence-corrected chi connectivity index (χ1v) is 18.0. The van der Waals surface area contributed by atoms with Crippen molar-refractivity contribution in [2.75, 3.05) is 20.1 Å². The van der Waals surface area contributed by atoms with Crippen LogP contribution in [0, 0.1) is 49.8 Å². The van der Waals surface area contributed by atoms with Gasteiger partial charge in [0.05, 0.1) is 11.6 Å². The fourth-order valence-corrected chi connectivity index (χ4v) is 6.16. The Morgan fingerprint density at radius 3 is 1.98 bits per heavy atom. The van der Waals surface area contributed by atoms with E-state index in [9.17, 15) is 4.39 Å². The van der Waals surface area contributed by atoms with Crippen LogP contribution in [0.3, 0.4) is 0 Å². The van der Waals surface area contributed by atoms with Crippen molar-refractivity contribution in [3.63, 3.8) is 0 Å². The SMILES string of the molecule is C=C(C)C.C=Cc1ccccc1C.CCC1(c2cccc(C#N)c2)CCC(C)CC1.CCC1CCN(C)CC1.Cc1ccc(F)c(C)c1. The smallest absolute Gasteiger partial charge is 0.126 e. The summed E-state index contributed by atoms with van der Waals surface area (Å²) in [6.07, 6.45) is 12.5. The molecule has 0 unspecified atom stereocenters. The molecule has 0 bridgehead atoms. The molecule has 5 rings (SSSR count). The fraction of sp³-hybridized carbons (Fsp3) is 0.489. The Hall–Kier alpha value is -3.48. The van der Waals surface area contributed by atoms with Crippen molar-refractivity contribution in [3.8, 4) is 6.07 Å². The van der Waals surface area contributed by atoms with Gasteiger partial charge in [-0.2, -0.15) is 5.26 Å². The maximum absolute atomic E-state index is 12.5. The zero-order chi connectivity index (χ0) is 36.1. The predicted molar refractivity (Wildman–Crippen MR) is 209 cm³/mol. The van der Waals surface area contributed by atoms with E-state index in [1.165, 1.54) is 92.8 Å². The van der Waals surface area contributed by atoms with E-state index >= 15 is 0 Å². The molecule has 1 saturated carbocycles. The van der Waals surface area contributed by atoms with Crippen molar-refractivity contribution in [2.45, 2.75) is 112 Å². The number of hydrogen-bond acceptors (Lipinski definition) is 2. The molecule has 262 valence electrons. The van der Waals surface area contributed by atoms with Crippen molar-refractivity contribution >= 4 is 6.08 Å². The van der Waals surface area contributed by atoms with E-state index in [0.29, 0.717) is 5.41 Å². The molecule has 0 amide bonds.